The van der Waals surface area contributed by atoms with Crippen LogP contribution in [0.5, 0.6) is 0 Å². The van der Waals surface area contributed by atoms with Crippen LogP contribution in [0.1, 0.15) is 121 Å². The predicted molar refractivity (Wildman–Crippen MR) is 205 cm³/mol. The SMILES string of the molecule is C=C(C)C(=O)OCC(COC(=O)C(=C)C(C)O)C1CCC(C2CCC(CCc3ccc(-c4ccc(CCCCC)cc4)cc3CC)CC2)CC1. The highest BCUT2D eigenvalue weighted by Gasteiger charge is 2.34. The Morgan fingerprint density at radius 2 is 1.38 bits per heavy atom. The molecule has 50 heavy (non-hydrogen) atoms. The summed E-state index contributed by atoms with van der Waals surface area (Å²) in [7, 11) is 0. The number of aliphatic hydroxyl groups is 1. The number of benzene rings is 2. The Balaban J connectivity index is 1.23. The summed E-state index contributed by atoms with van der Waals surface area (Å²) >= 11 is 0. The topological polar surface area (TPSA) is 72.8 Å². The molecule has 2 aromatic carbocycles. The van der Waals surface area contributed by atoms with Gasteiger partial charge in [0.2, 0.25) is 0 Å². The molecule has 0 heterocycles. The van der Waals surface area contributed by atoms with E-state index >= 15 is 0 Å². The lowest BCUT2D eigenvalue weighted by atomic mass is 9.67. The first-order valence-electron chi connectivity index (χ1n) is 19.7. The van der Waals surface area contributed by atoms with Gasteiger partial charge in [-0.1, -0.05) is 95.2 Å². The summed E-state index contributed by atoms with van der Waals surface area (Å²) in [5, 5.41) is 9.71. The summed E-state index contributed by atoms with van der Waals surface area (Å²) in [6, 6.07) is 16.4. The Kier molecular flexibility index (Phi) is 15.9. The number of unbranched alkanes of at least 4 members (excludes halogenated alkanes) is 2. The lowest BCUT2D eigenvalue weighted by Gasteiger charge is -2.39. The predicted octanol–water partition coefficient (Wildman–Crippen LogP) is 10.4. The number of aryl methyl sites for hydroxylation is 3. The van der Waals surface area contributed by atoms with Crippen molar-refractivity contribution in [3.8, 4) is 11.1 Å². The molecule has 1 N–H and O–H groups in total. The fraction of sp³-hybridized carbons (Fsp3) is 0.600. The molecule has 0 bridgehead atoms. The van der Waals surface area contributed by atoms with E-state index in [4.69, 9.17) is 9.47 Å². The second-order valence-corrected chi connectivity index (χ2v) is 15.4. The van der Waals surface area contributed by atoms with Crippen LogP contribution in [0, 0.1) is 29.6 Å². The molecule has 0 aromatic heterocycles. The van der Waals surface area contributed by atoms with Gasteiger partial charge in [0, 0.05) is 11.5 Å². The van der Waals surface area contributed by atoms with Gasteiger partial charge in [-0.05, 0) is 136 Å². The third-order valence-corrected chi connectivity index (χ3v) is 11.8. The number of carbonyl (C=O) groups is 2. The van der Waals surface area contributed by atoms with Crippen molar-refractivity contribution >= 4 is 11.9 Å². The molecule has 0 amide bonds. The van der Waals surface area contributed by atoms with Crippen molar-refractivity contribution in [3.05, 3.63) is 83.5 Å². The standard InChI is InChI=1S/C45H64O5/c1-7-9-10-11-34-12-20-40(21-13-34)42-27-26-37(36(8-2)28-42)17-14-35-15-18-38(19-16-35)39-22-24-41(25-23-39)43(29-49-44(47)31(3)4)30-50-45(48)32(5)33(6)46/h12-13,20-21,26-28,33,35,38-39,41,43,46H,3,5,7-11,14-19,22-25,29-30H2,1-2,4,6H3. The van der Waals surface area contributed by atoms with Crippen molar-refractivity contribution in [2.45, 2.75) is 130 Å². The number of carbonyl (C=O) groups excluding carboxylic acids is 2. The van der Waals surface area contributed by atoms with Crippen LogP contribution in [0.25, 0.3) is 11.1 Å². The Labute approximate surface area is 302 Å². The van der Waals surface area contributed by atoms with E-state index in [9.17, 15) is 14.7 Å². The molecule has 2 aliphatic rings. The average Bonchev–Trinajstić information content (AvgIpc) is 3.14. The largest absolute Gasteiger partial charge is 0.462 e. The fourth-order valence-corrected chi connectivity index (χ4v) is 8.29. The highest BCUT2D eigenvalue weighted by Crippen LogP contribution is 2.44. The summed E-state index contributed by atoms with van der Waals surface area (Å²) in [6.07, 6.45) is 17.4. The molecule has 0 radical (unpaired) electrons. The summed E-state index contributed by atoms with van der Waals surface area (Å²) < 4.78 is 11.1. The second kappa shape index (κ2) is 20.0. The lowest BCUT2D eigenvalue weighted by Crippen LogP contribution is -2.33. The Morgan fingerprint density at radius 1 is 0.780 bits per heavy atom. The van der Waals surface area contributed by atoms with Gasteiger partial charge in [0.1, 0.15) is 0 Å². The highest BCUT2D eigenvalue weighted by atomic mass is 16.5. The van der Waals surface area contributed by atoms with Gasteiger partial charge in [0.05, 0.1) is 24.9 Å². The number of rotatable bonds is 18. The second-order valence-electron chi connectivity index (χ2n) is 15.4. The molecule has 0 spiro atoms. The summed E-state index contributed by atoms with van der Waals surface area (Å²) in [5.41, 5.74) is 7.53. The van der Waals surface area contributed by atoms with Crippen LogP contribution < -0.4 is 0 Å². The normalized spacial score (nSPS) is 21.9. The van der Waals surface area contributed by atoms with E-state index < -0.39 is 18.0 Å². The van der Waals surface area contributed by atoms with E-state index in [0.29, 0.717) is 11.5 Å². The minimum absolute atomic E-state index is 0.0418. The maximum absolute atomic E-state index is 12.4. The Morgan fingerprint density at radius 3 is 1.96 bits per heavy atom. The van der Waals surface area contributed by atoms with E-state index in [-0.39, 0.29) is 24.7 Å². The molecule has 2 unspecified atom stereocenters. The number of esters is 2. The van der Waals surface area contributed by atoms with Gasteiger partial charge < -0.3 is 14.6 Å². The number of aliphatic hydroxyl groups excluding tert-OH is 1. The van der Waals surface area contributed by atoms with Crippen LogP contribution in [-0.2, 0) is 38.3 Å². The van der Waals surface area contributed by atoms with Gasteiger partial charge in [0.15, 0.2) is 0 Å². The molecule has 2 fully saturated rings. The van der Waals surface area contributed by atoms with Crippen molar-refractivity contribution < 1.29 is 24.2 Å². The maximum Gasteiger partial charge on any atom is 0.336 e. The van der Waals surface area contributed by atoms with Crippen molar-refractivity contribution in [1.82, 2.24) is 0 Å². The molecule has 274 valence electrons. The van der Waals surface area contributed by atoms with Crippen molar-refractivity contribution in [2.75, 3.05) is 13.2 Å². The van der Waals surface area contributed by atoms with E-state index in [1.807, 2.05) is 0 Å². The summed E-state index contributed by atoms with van der Waals surface area (Å²) in [5.74, 6) is 1.58. The molecular weight excluding hydrogens is 620 g/mol. The molecule has 2 aliphatic carbocycles. The van der Waals surface area contributed by atoms with Crippen LogP contribution in [0.4, 0.5) is 0 Å². The smallest absolute Gasteiger partial charge is 0.336 e. The molecule has 2 atom stereocenters. The third kappa shape index (κ3) is 11.7. The molecule has 5 heteroatoms. The van der Waals surface area contributed by atoms with E-state index in [0.717, 1.165) is 37.0 Å². The highest BCUT2D eigenvalue weighted by molar-refractivity contribution is 5.88. The van der Waals surface area contributed by atoms with Crippen LogP contribution in [0.2, 0.25) is 0 Å². The minimum atomic E-state index is -0.957. The molecule has 0 aliphatic heterocycles. The van der Waals surface area contributed by atoms with Gasteiger partial charge >= 0.3 is 11.9 Å². The zero-order valence-electron chi connectivity index (χ0n) is 31.5. The van der Waals surface area contributed by atoms with Crippen LogP contribution >= 0.6 is 0 Å². The third-order valence-electron chi connectivity index (χ3n) is 11.8. The zero-order valence-corrected chi connectivity index (χ0v) is 31.5. The molecule has 4 rings (SSSR count). The number of ether oxygens (including phenoxy) is 2. The van der Waals surface area contributed by atoms with Crippen molar-refractivity contribution in [2.24, 2.45) is 29.6 Å². The first-order chi connectivity index (χ1) is 24.1. The van der Waals surface area contributed by atoms with Gasteiger partial charge in [-0.25, -0.2) is 9.59 Å². The van der Waals surface area contributed by atoms with E-state index in [1.165, 1.54) is 112 Å². The fourth-order valence-electron chi connectivity index (χ4n) is 8.29. The summed E-state index contributed by atoms with van der Waals surface area (Å²) in [4.78, 5) is 24.5. The quantitative estimate of drug-likeness (QED) is 0.0961. The number of hydrogen-bond acceptors (Lipinski definition) is 5. The van der Waals surface area contributed by atoms with Gasteiger partial charge in [0.25, 0.3) is 0 Å². The van der Waals surface area contributed by atoms with E-state index in [2.05, 4.69) is 69.5 Å². The van der Waals surface area contributed by atoms with E-state index in [1.54, 1.807) is 6.92 Å². The zero-order chi connectivity index (χ0) is 36.0. The van der Waals surface area contributed by atoms with Crippen LogP contribution in [-0.4, -0.2) is 36.4 Å². The maximum atomic E-state index is 12.4. The monoisotopic (exact) mass is 684 g/mol. The first-order valence-corrected chi connectivity index (χ1v) is 19.7. The first kappa shape index (κ1) is 39.6. The van der Waals surface area contributed by atoms with Gasteiger partial charge in [-0.2, -0.15) is 0 Å². The van der Waals surface area contributed by atoms with Crippen LogP contribution in [0.3, 0.4) is 0 Å². The Hall–Kier alpha value is -3.18. The molecule has 0 saturated heterocycles. The molecule has 5 nitrogen and oxygen atoms in total. The van der Waals surface area contributed by atoms with Gasteiger partial charge in [-0.15, -0.1) is 0 Å². The molecule has 2 saturated carbocycles. The summed E-state index contributed by atoms with van der Waals surface area (Å²) in [6.45, 7) is 15.4. The van der Waals surface area contributed by atoms with Gasteiger partial charge in [-0.3, -0.25) is 0 Å². The van der Waals surface area contributed by atoms with Crippen molar-refractivity contribution in [1.29, 1.82) is 0 Å². The van der Waals surface area contributed by atoms with Crippen LogP contribution in [0.15, 0.2) is 66.8 Å². The minimum Gasteiger partial charge on any atom is -0.462 e. The average molecular weight is 685 g/mol. The lowest BCUT2D eigenvalue weighted by molar-refractivity contribution is -0.146. The van der Waals surface area contributed by atoms with Crippen molar-refractivity contribution in [3.63, 3.8) is 0 Å². The molecule has 2 aromatic rings. The Bertz CT molecular complexity index is 1390. The molecular formula is C45H64O5. The number of hydrogen-bond donors (Lipinski definition) is 1.